The molecule has 0 aliphatic carbocycles. The Hall–Kier alpha value is -0.640. The second kappa shape index (κ2) is 19.4. The van der Waals surface area contributed by atoms with Crippen molar-refractivity contribution in [2.75, 3.05) is 30.7 Å². The van der Waals surface area contributed by atoms with Crippen molar-refractivity contribution in [3.8, 4) is 5.75 Å². The van der Waals surface area contributed by atoms with Crippen molar-refractivity contribution < 1.29 is 5.11 Å². The number of nitrogens with two attached hydrogens (primary N) is 1. The van der Waals surface area contributed by atoms with Crippen molar-refractivity contribution in [3.63, 3.8) is 0 Å². The lowest BCUT2D eigenvalue weighted by molar-refractivity contribution is 0.321. The zero-order chi connectivity index (χ0) is 17.3. The van der Waals surface area contributed by atoms with E-state index >= 15 is 0 Å². The van der Waals surface area contributed by atoms with E-state index < -0.39 is 0 Å². The average Bonchev–Trinajstić information content (AvgIpc) is 2.50. The van der Waals surface area contributed by atoms with Gasteiger partial charge < -0.3 is 15.7 Å². The molecular formula is C16H32Cl2N2O. The Labute approximate surface area is 141 Å². The smallest absolute Gasteiger partial charge is 0.138 e. The molecule has 1 aromatic rings. The van der Waals surface area contributed by atoms with Crippen LogP contribution in [0.2, 0.25) is 0 Å². The molecule has 0 spiro atoms. The summed E-state index contributed by atoms with van der Waals surface area (Å²) in [5, 5.41) is 9.17. The van der Waals surface area contributed by atoms with Gasteiger partial charge in [-0.2, -0.15) is 0 Å². The highest BCUT2D eigenvalue weighted by atomic mass is 35.5. The number of halogens is 2. The molecule has 0 aliphatic rings. The van der Waals surface area contributed by atoms with Gasteiger partial charge in [-0.3, -0.25) is 0 Å². The number of nitrogens with zero attached hydrogens (tertiary/aromatic N) is 1. The number of phenols is 1. The summed E-state index contributed by atoms with van der Waals surface area (Å²) in [7, 11) is 0. The standard InChI is InChI=1S/C7H9NO.C6H15N.C2H6.CH2Cl2/c1-5-3-2-4-6(9)7(5)8;1-4-7(5-2)6-3;1-2;2-1-3/h2-4,9H,8H2,1H3;4-6H2,1-3H3;1-2H3;1H2. The van der Waals surface area contributed by atoms with Crippen molar-refractivity contribution in [1.82, 2.24) is 4.90 Å². The lowest BCUT2D eigenvalue weighted by Crippen LogP contribution is -2.21. The number of hydrogen-bond donors (Lipinski definition) is 2. The summed E-state index contributed by atoms with van der Waals surface area (Å²) in [6.45, 7) is 16.0. The SMILES string of the molecule is CC.CCN(CC)CC.Cc1cccc(O)c1N.ClCCl. The zero-order valence-electron chi connectivity index (χ0n) is 14.3. The molecule has 3 N–H and O–H groups in total. The maximum atomic E-state index is 8.98. The Balaban J connectivity index is -0.000000242. The third kappa shape index (κ3) is 15.6. The molecule has 0 saturated heterocycles. The molecule has 5 heteroatoms. The summed E-state index contributed by atoms with van der Waals surface area (Å²) >= 11 is 9.53. The van der Waals surface area contributed by atoms with Crippen LogP contribution in [-0.2, 0) is 0 Å². The van der Waals surface area contributed by atoms with Crippen LogP contribution >= 0.6 is 23.2 Å². The van der Waals surface area contributed by atoms with E-state index in [4.69, 9.17) is 34.0 Å². The normalized spacial score (nSPS) is 8.62. The minimum atomic E-state index is 0.162. The Morgan fingerprint density at radius 3 is 1.62 bits per heavy atom. The number of anilines is 1. The molecule has 1 aromatic carbocycles. The first-order valence-corrected chi connectivity index (χ1v) is 8.43. The molecule has 0 heterocycles. The molecule has 0 amide bonds. The molecule has 0 unspecified atom stereocenters. The first-order chi connectivity index (χ1) is 9.98. The van der Waals surface area contributed by atoms with Gasteiger partial charge in [0.25, 0.3) is 0 Å². The number of alkyl halides is 2. The molecule has 0 fully saturated rings. The van der Waals surface area contributed by atoms with Crippen molar-refractivity contribution in [2.24, 2.45) is 0 Å². The highest BCUT2D eigenvalue weighted by molar-refractivity contribution is 6.40. The fraction of sp³-hybridized carbons (Fsp3) is 0.625. The van der Waals surface area contributed by atoms with E-state index in [1.54, 1.807) is 12.1 Å². The second-order valence-corrected chi connectivity index (χ2v) is 4.54. The number of phenolic OH excluding ortho intramolecular Hbond substituents is 1. The van der Waals surface area contributed by atoms with Gasteiger partial charge in [0.15, 0.2) is 0 Å². The van der Waals surface area contributed by atoms with Crippen LogP contribution < -0.4 is 5.73 Å². The Bertz CT molecular complexity index is 293. The lowest BCUT2D eigenvalue weighted by atomic mass is 10.2. The van der Waals surface area contributed by atoms with E-state index in [0.29, 0.717) is 5.69 Å². The fourth-order valence-electron chi connectivity index (χ4n) is 1.34. The highest BCUT2D eigenvalue weighted by Crippen LogP contribution is 2.21. The van der Waals surface area contributed by atoms with Crippen LogP contribution in [0.1, 0.15) is 40.2 Å². The van der Waals surface area contributed by atoms with Crippen LogP contribution in [0, 0.1) is 6.92 Å². The van der Waals surface area contributed by atoms with Crippen molar-refractivity contribution in [3.05, 3.63) is 23.8 Å². The van der Waals surface area contributed by atoms with E-state index in [1.807, 2.05) is 26.8 Å². The second-order valence-electron chi connectivity index (χ2n) is 3.73. The number of nitrogen functional groups attached to an aromatic ring is 1. The van der Waals surface area contributed by atoms with Crippen LogP contribution in [0.3, 0.4) is 0 Å². The topological polar surface area (TPSA) is 49.5 Å². The van der Waals surface area contributed by atoms with Gasteiger partial charge in [-0.25, -0.2) is 0 Å². The maximum Gasteiger partial charge on any atom is 0.138 e. The van der Waals surface area contributed by atoms with Crippen LogP contribution in [-0.4, -0.2) is 35.0 Å². The predicted molar refractivity (Wildman–Crippen MR) is 98.6 cm³/mol. The van der Waals surface area contributed by atoms with Crippen LogP contribution in [0.5, 0.6) is 5.75 Å². The fourth-order valence-corrected chi connectivity index (χ4v) is 1.34. The van der Waals surface area contributed by atoms with Gasteiger partial charge in [0.05, 0.1) is 11.0 Å². The molecule has 1 rings (SSSR count). The monoisotopic (exact) mass is 338 g/mol. The number of rotatable bonds is 3. The zero-order valence-corrected chi connectivity index (χ0v) is 15.8. The van der Waals surface area contributed by atoms with Gasteiger partial charge in [-0.1, -0.05) is 46.8 Å². The minimum absolute atomic E-state index is 0.162. The first kappa shape index (κ1) is 25.3. The van der Waals surface area contributed by atoms with Crippen LogP contribution in [0.4, 0.5) is 5.69 Å². The van der Waals surface area contributed by atoms with E-state index in [2.05, 4.69) is 25.7 Å². The van der Waals surface area contributed by atoms with Crippen molar-refractivity contribution in [1.29, 1.82) is 0 Å². The quantitative estimate of drug-likeness (QED) is 0.459. The summed E-state index contributed by atoms with van der Waals surface area (Å²) in [6, 6.07) is 5.19. The van der Waals surface area contributed by atoms with E-state index in [9.17, 15) is 0 Å². The van der Waals surface area contributed by atoms with Gasteiger partial charge in [-0.15, -0.1) is 23.2 Å². The van der Waals surface area contributed by atoms with Gasteiger partial charge in [0, 0.05) is 0 Å². The van der Waals surface area contributed by atoms with Crippen LogP contribution in [0.25, 0.3) is 0 Å². The third-order valence-corrected chi connectivity index (χ3v) is 2.64. The Morgan fingerprint density at radius 1 is 1.05 bits per heavy atom. The summed E-state index contributed by atoms with van der Waals surface area (Å²) in [5.74, 6) is 0.162. The Morgan fingerprint density at radius 2 is 1.43 bits per heavy atom. The van der Waals surface area contributed by atoms with Gasteiger partial charge >= 0.3 is 0 Å². The van der Waals surface area contributed by atoms with E-state index in [1.165, 1.54) is 19.6 Å². The molecule has 0 saturated carbocycles. The molecule has 3 nitrogen and oxygen atoms in total. The molecule has 21 heavy (non-hydrogen) atoms. The number of para-hydroxylation sites is 1. The largest absolute Gasteiger partial charge is 0.506 e. The average molecular weight is 339 g/mol. The number of hydrogen-bond acceptors (Lipinski definition) is 3. The first-order valence-electron chi connectivity index (χ1n) is 7.36. The number of benzene rings is 1. The summed E-state index contributed by atoms with van der Waals surface area (Å²) in [5.41, 5.74) is 6.81. The molecule has 0 radical (unpaired) electrons. The van der Waals surface area contributed by atoms with Gasteiger partial charge in [0.2, 0.25) is 0 Å². The molecule has 126 valence electrons. The highest BCUT2D eigenvalue weighted by Gasteiger charge is 1.95. The maximum absolute atomic E-state index is 8.98. The van der Waals surface area contributed by atoms with Gasteiger partial charge in [-0.05, 0) is 38.2 Å². The molecule has 0 aliphatic heterocycles. The third-order valence-electron chi connectivity index (χ3n) is 2.64. The van der Waals surface area contributed by atoms with E-state index in [0.717, 1.165) is 5.56 Å². The molecule has 0 atom stereocenters. The van der Waals surface area contributed by atoms with Crippen molar-refractivity contribution >= 4 is 28.9 Å². The predicted octanol–water partition coefficient (Wildman–Crippen LogP) is 5.08. The van der Waals surface area contributed by atoms with Gasteiger partial charge in [0.1, 0.15) is 5.75 Å². The molecule has 0 aromatic heterocycles. The Kier molecular flexibility index (Phi) is 23.3. The van der Waals surface area contributed by atoms with Crippen molar-refractivity contribution in [2.45, 2.75) is 41.5 Å². The number of aromatic hydroxyl groups is 1. The van der Waals surface area contributed by atoms with E-state index in [-0.39, 0.29) is 11.1 Å². The summed E-state index contributed by atoms with van der Waals surface area (Å²) in [4.78, 5) is 2.38. The summed E-state index contributed by atoms with van der Waals surface area (Å²) < 4.78 is 0. The lowest BCUT2D eigenvalue weighted by Gasteiger charge is -2.13. The van der Waals surface area contributed by atoms with Crippen LogP contribution in [0.15, 0.2) is 18.2 Å². The summed E-state index contributed by atoms with van der Waals surface area (Å²) in [6.07, 6.45) is 0. The minimum Gasteiger partial charge on any atom is -0.506 e. The molecule has 0 bridgehead atoms. The molecular weight excluding hydrogens is 307 g/mol. The number of aryl methyl sites for hydroxylation is 1.